The molecule has 1 aliphatic heterocycles. The van der Waals surface area contributed by atoms with E-state index in [-0.39, 0.29) is 17.3 Å². The molecule has 3 aromatic carbocycles. The summed E-state index contributed by atoms with van der Waals surface area (Å²) in [5.41, 5.74) is 4.95. The van der Waals surface area contributed by atoms with Crippen LogP contribution in [-0.4, -0.2) is 20.8 Å². The molecule has 0 amide bonds. The zero-order chi connectivity index (χ0) is 25.1. The molecule has 0 aliphatic carbocycles. The smallest absolute Gasteiger partial charge is 0.331 e. The molecule has 8 heteroatoms. The maximum absolute atomic E-state index is 13.7. The molecule has 5 aromatic rings. The Morgan fingerprint density at radius 1 is 0.917 bits per heavy atom. The van der Waals surface area contributed by atoms with Gasteiger partial charge < -0.3 is 14.6 Å². The molecule has 0 bridgehead atoms. The van der Waals surface area contributed by atoms with Gasteiger partial charge in [-0.1, -0.05) is 48.0 Å². The van der Waals surface area contributed by atoms with Crippen molar-refractivity contribution < 1.29 is 4.74 Å². The Hall–Kier alpha value is -4.23. The van der Waals surface area contributed by atoms with Crippen molar-refractivity contribution >= 4 is 28.2 Å². The maximum Gasteiger partial charge on any atom is 0.331 e. The van der Waals surface area contributed by atoms with Crippen LogP contribution in [0, 0.1) is 0 Å². The molecule has 1 aliphatic rings. The molecule has 1 N–H and O–H groups in total. The number of fused-ring (bicyclic) bond motifs is 5. The van der Waals surface area contributed by atoms with E-state index in [0.717, 1.165) is 44.2 Å². The van der Waals surface area contributed by atoms with Gasteiger partial charge in [0.2, 0.25) is 0 Å². The lowest BCUT2D eigenvalue weighted by Crippen LogP contribution is -2.37. The SMILES string of the molecule is COc1cccc([C@@H]2Nc3ccccc3-n3c(-c4ccc(Cl)cc4)c4c(=O)n(C)c(=O)n(C)c4c32)c1. The highest BCUT2D eigenvalue weighted by molar-refractivity contribution is 6.30. The Bertz CT molecular complexity index is 1780. The van der Waals surface area contributed by atoms with Gasteiger partial charge in [0.1, 0.15) is 5.75 Å². The van der Waals surface area contributed by atoms with Gasteiger partial charge in [0.25, 0.3) is 5.56 Å². The van der Waals surface area contributed by atoms with Gasteiger partial charge in [-0.15, -0.1) is 0 Å². The summed E-state index contributed by atoms with van der Waals surface area (Å²) in [4.78, 5) is 26.8. The maximum atomic E-state index is 13.7. The molecule has 0 saturated heterocycles. The van der Waals surface area contributed by atoms with Gasteiger partial charge in [0.15, 0.2) is 0 Å². The average molecular weight is 499 g/mol. The molecule has 36 heavy (non-hydrogen) atoms. The van der Waals surface area contributed by atoms with Crippen LogP contribution in [-0.2, 0) is 14.1 Å². The predicted octanol–water partition coefficient (Wildman–Crippen LogP) is 4.87. The quantitative estimate of drug-likeness (QED) is 0.385. The van der Waals surface area contributed by atoms with Crippen LogP contribution < -0.4 is 21.3 Å². The molecule has 1 atom stereocenters. The standard InChI is InChI=1S/C28H23ClN4O3/c1-31-25-22(27(34)32(2)28(31)35)24(16-11-13-18(29)14-12-16)33-21-10-5-4-9-20(21)30-23(26(25)33)17-7-6-8-19(15-17)36-3/h4-15,23,30H,1-3H3/t23-/m0/s1. The van der Waals surface area contributed by atoms with Crippen LogP contribution in [0.25, 0.3) is 27.8 Å². The molecular weight excluding hydrogens is 476 g/mol. The summed E-state index contributed by atoms with van der Waals surface area (Å²) >= 11 is 6.21. The fourth-order valence-corrected chi connectivity index (χ4v) is 5.30. The van der Waals surface area contributed by atoms with E-state index in [1.54, 1.807) is 18.7 Å². The van der Waals surface area contributed by atoms with E-state index in [0.29, 0.717) is 15.9 Å². The largest absolute Gasteiger partial charge is 0.497 e. The number of anilines is 1. The second-order valence-corrected chi connectivity index (χ2v) is 9.31. The molecule has 7 nitrogen and oxygen atoms in total. The summed E-state index contributed by atoms with van der Waals surface area (Å²) in [5, 5.41) is 4.72. The van der Waals surface area contributed by atoms with Gasteiger partial charge in [-0.05, 0) is 47.5 Å². The van der Waals surface area contributed by atoms with Crippen LogP contribution in [0.5, 0.6) is 5.75 Å². The lowest BCUT2D eigenvalue weighted by atomic mass is 9.99. The average Bonchev–Trinajstić information content (AvgIpc) is 3.27. The Labute approximate surface area is 211 Å². The highest BCUT2D eigenvalue weighted by atomic mass is 35.5. The Kier molecular flexibility index (Phi) is 5.05. The van der Waals surface area contributed by atoms with Crippen LogP contribution in [0.4, 0.5) is 5.69 Å². The Morgan fingerprint density at radius 2 is 1.67 bits per heavy atom. The van der Waals surface area contributed by atoms with Crippen molar-refractivity contribution in [1.82, 2.24) is 13.7 Å². The minimum Gasteiger partial charge on any atom is -0.497 e. The molecule has 0 fully saturated rings. The van der Waals surface area contributed by atoms with Gasteiger partial charge in [-0.2, -0.15) is 0 Å². The molecular formula is C28H23ClN4O3. The van der Waals surface area contributed by atoms with Crippen molar-refractivity contribution in [2.75, 3.05) is 12.4 Å². The summed E-state index contributed by atoms with van der Waals surface area (Å²) < 4.78 is 10.3. The fraction of sp³-hybridized carbons (Fsp3) is 0.143. The minimum atomic E-state index is -0.383. The first-order valence-electron chi connectivity index (χ1n) is 11.5. The summed E-state index contributed by atoms with van der Waals surface area (Å²) in [6, 6.07) is 22.8. The Morgan fingerprint density at radius 3 is 2.42 bits per heavy atom. The third-order valence-electron chi connectivity index (χ3n) is 6.87. The molecule has 0 spiro atoms. The van der Waals surface area contributed by atoms with E-state index in [1.807, 2.05) is 72.8 Å². The van der Waals surface area contributed by atoms with Crippen LogP contribution >= 0.6 is 11.6 Å². The number of nitrogens with zero attached hydrogens (tertiary/aromatic N) is 3. The third-order valence-corrected chi connectivity index (χ3v) is 7.12. The fourth-order valence-electron chi connectivity index (χ4n) is 5.17. The van der Waals surface area contributed by atoms with E-state index in [2.05, 4.69) is 9.88 Å². The third kappa shape index (κ3) is 3.13. The van der Waals surface area contributed by atoms with Crippen molar-refractivity contribution in [3.05, 3.63) is 110 Å². The van der Waals surface area contributed by atoms with Crippen molar-refractivity contribution in [3.8, 4) is 22.7 Å². The molecule has 0 saturated carbocycles. The van der Waals surface area contributed by atoms with Crippen LogP contribution in [0.3, 0.4) is 0 Å². The molecule has 0 unspecified atom stereocenters. The zero-order valence-electron chi connectivity index (χ0n) is 19.9. The van der Waals surface area contributed by atoms with Crippen LogP contribution in [0.1, 0.15) is 17.3 Å². The number of aromatic nitrogens is 3. The van der Waals surface area contributed by atoms with Crippen LogP contribution in [0.2, 0.25) is 5.02 Å². The van der Waals surface area contributed by atoms with Gasteiger partial charge in [0.05, 0.1) is 46.8 Å². The van der Waals surface area contributed by atoms with Crippen LogP contribution in [0.15, 0.2) is 82.4 Å². The molecule has 2 aromatic heterocycles. The zero-order valence-corrected chi connectivity index (χ0v) is 20.7. The number of nitrogens with one attached hydrogen (secondary N) is 1. The molecule has 0 radical (unpaired) electrons. The van der Waals surface area contributed by atoms with Gasteiger partial charge >= 0.3 is 5.69 Å². The number of benzene rings is 3. The number of hydrogen-bond donors (Lipinski definition) is 1. The van der Waals surface area contributed by atoms with Crippen molar-refractivity contribution in [2.24, 2.45) is 14.1 Å². The number of aryl methyl sites for hydroxylation is 1. The van der Waals surface area contributed by atoms with Crippen molar-refractivity contribution in [1.29, 1.82) is 0 Å². The first kappa shape index (κ1) is 22.2. The lowest BCUT2D eigenvalue weighted by molar-refractivity contribution is 0.414. The Balaban J connectivity index is 1.84. The number of methoxy groups -OCH3 is 1. The highest BCUT2D eigenvalue weighted by Gasteiger charge is 2.34. The van der Waals surface area contributed by atoms with E-state index in [4.69, 9.17) is 16.3 Å². The van der Waals surface area contributed by atoms with Crippen molar-refractivity contribution in [3.63, 3.8) is 0 Å². The lowest BCUT2D eigenvalue weighted by Gasteiger charge is -2.31. The summed E-state index contributed by atoms with van der Waals surface area (Å²) in [7, 11) is 4.85. The first-order chi connectivity index (χ1) is 17.4. The predicted molar refractivity (Wildman–Crippen MR) is 143 cm³/mol. The normalized spacial score (nSPS) is 14.3. The molecule has 3 heterocycles. The number of halogens is 1. The highest BCUT2D eigenvalue weighted by Crippen LogP contribution is 2.45. The topological polar surface area (TPSA) is 70.2 Å². The summed E-state index contributed by atoms with van der Waals surface area (Å²) in [6.45, 7) is 0. The monoisotopic (exact) mass is 498 g/mol. The number of hydrogen-bond acceptors (Lipinski definition) is 4. The van der Waals surface area contributed by atoms with E-state index < -0.39 is 0 Å². The van der Waals surface area contributed by atoms with Gasteiger partial charge in [0, 0.05) is 19.1 Å². The number of ether oxygens (including phenoxy) is 1. The summed E-state index contributed by atoms with van der Waals surface area (Å²) in [5.74, 6) is 0.721. The minimum absolute atomic E-state index is 0.346. The second kappa shape index (κ2) is 8.17. The molecule has 6 rings (SSSR count). The van der Waals surface area contributed by atoms with E-state index in [9.17, 15) is 9.59 Å². The van der Waals surface area contributed by atoms with E-state index in [1.165, 1.54) is 7.05 Å². The summed E-state index contributed by atoms with van der Waals surface area (Å²) in [6.07, 6.45) is 0. The molecule has 180 valence electrons. The number of para-hydroxylation sites is 2. The van der Waals surface area contributed by atoms with Crippen molar-refractivity contribution in [2.45, 2.75) is 6.04 Å². The first-order valence-corrected chi connectivity index (χ1v) is 11.9. The second-order valence-electron chi connectivity index (χ2n) is 8.88. The number of rotatable bonds is 3. The van der Waals surface area contributed by atoms with Gasteiger partial charge in [-0.3, -0.25) is 13.9 Å². The van der Waals surface area contributed by atoms with E-state index >= 15 is 0 Å². The van der Waals surface area contributed by atoms with Gasteiger partial charge in [-0.25, -0.2) is 4.79 Å².